The third-order valence-electron chi connectivity index (χ3n) is 7.73. The van der Waals surface area contributed by atoms with E-state index in [9.17, 15) is 19.2 Å². The van der Waals surface area contributed by atoms with Gasteiger partial charge in [0.05, 0.1) is 12.8 Å². The highest BCUT2D eigenvalue weighted by molar-refractivity contribution is 9.09. The predicted octanol–water partition coefficient (Wildman–Crippen LogP) is 7.86. The fraction of sp³-hybridized carbons (Fsp3) is 0.353. The van der Waals surface area contributed by atoms with E-state index in [-0.39, 0.29) is 42.5 Å². The van der Waals surface area contributed by atoms with Gasteiger partial charge in [-0.15, -0.1) is 0 Å². The molecule has 0 aromatic heterocycles. The Hall–Kier alpha value is -2.87. The van der Waals surface area contributed by atoms with Crippen LogP contribution in [0.25, 0.3) is 0 Å². The molecule has 0 fully saturated rings. The first kappa shape index (κ1) is 35.6. The van der Waals surface area contributed by atoms with Crippen LogP contribution >= 0.6 is 39.0 Å². The minimum absolute atomic E-state index is 0.0546. The molecule has 0 N–H and O–H groups in total. The van der Waals surface area contributed by atoms with Crippen LogP contribution in [-0.2, 0) is 36.8 Å². The maximum atomic E-state index is 15.2. The van der Waals surface area contributed by atoms with E-state index in [4.69, 9.17) is 9.47 Å². The lowest BCUT2D eigenvalue weighted by molar-refractivity contribution is -0.145. The minimum Gasteiger partial charge on any atom is -0.461 e. The van der Waals surface area contributed by atoms with E-state index in [1.807, 2.05) is 13.8 Å². The third kappa shape index (κ3) is 7.49. The molecule has 0 aliphatic heterocycles. The zero-order chi connectivity index (χ0) is 32.8. The zero-order valence-corrected chi connectivity index (χ0v) is 29.9. The second-order valence-electron chi connectivity index (χ2n) is 10.7. The first-order chi connectivity index (χ1) is 20.8. The lowest BCUT2D eigenvalue weighted by atomic mass is 9.94. The number of rotatable bonds is 13. The molecule has 0 atom stereocenters. The number of carbonyl (C=O) groups is 4. The molecule has 234 valence electrons. The molecule has 0 saturated heterocycles. The molecule has 3 aromatic carbocycles. The van der Waals surface area contributed by atoms with Gasteiger partial charge in [0.1, 0.15) is 13.2 Å². The maximum absolute atomic E-state index is 15.2. The first-order valence-electron chi connectivity index (χ1n) is 14.2. The number of alkyl halides is 2. The molecule has 0 bridgehead atoms. The van der Waals surface area contributed by atoms with Crippen LogP contribution in [0.4, 0.5) is 0 Å². The van der Waals surface area contributed by atoms with Crippen LogP contribution in [0.2, 0.25) is 0 Å². The van der Waals surface area contributed by atoms with Gasteiger partial charge < -0.3 is 14.0 Å². The minimum atomic E-state index is -4.48. The van der Waals surface area contributed by atoms with Crippen LogP contribution in [-0.4, -0.2) is 33.6 Å². The molecule has 0 aliphatic carbocycles. The van der Waals surface area contributed by atoms with Gasteiger partial charge in [-0.1, -0.05) is 74.3 Å². The number of esters is 2. The second kappa shape index (κ2) is 15.4. The van der Waals surface area contributed by atoms with E-state index in [1.54, 1.807) is 70.2 Å². The molecule has 0 aliphatic rings. The Morgan fingerprint density at radius 1 is 0.636 bits per heavy atom. The van der Waals surface area contributed by atoms with E-state index in [0.717, 1.165) is 11.1 Å². The first-order valence-corrected chi connectivity index (χ1v) is 18.1. The summed E-state index contributed by atoms with van der Waals surface area (Å²) in [5, 5.41) is 1.05. The van der Waals surface area contributed by atoms with E-state index in [1.165, 1.54) is 0 Å². The van der Waals surface area contributed by atoms with Crippen molar-refractivity contribution in [2.45, 2.75) is 67.6 Å². The Balaban J connectivity index is 2.21. The molecule has 7 nitrogen and oxygen atoms in total. The standard InChI is InChI=1S/C34H37Br2O7P/c1-20-16-22(3)31(24(5)27(20)18-42-29(37)12-14-35)33(39)44(41,26-10-8-7-9-11-26)34(40)32-23(4)17-21(2)28(25(32)6)19-43-30(38)13-15-36/h7-11,16-17H,12-15,18-19H2,1-6H3. The SMILES string of the molecule is Cc1cc(C)c(C(=O)P(=O)(C(=O)c2c(C)cc(C)c(COC(=O)CCBr)c2C)c2ccccc2)c(C)c1COC(=O)CCBr. The average Bonchev–Trinajstić information content (AvgIpc) is 2.96. The Kier molecular flexibility index (Phi) is 12.5. The molecule has 0 radical (unpaired) electrons. The van der Waals surface area contributed by atoms with Crippen LogP contribution in [0.5, 0.6) is 0 Å². The van der Waals surface area contributed by atoms with Gasteiger partial charge in [-0.25, -0.2) is 0 Å². The molecule has 0 saturated carbocycles. The molecule has 0 spiro atoms. The van der Waals surface area contributed by atoms with Gasteiger partial charge in [-0.3, -0.25) is 19.2 Å². The highest BCUT2D eigenvalue weighted by atomic mass is 79.9. The van der Waals surface area contributed by atoms with Crippen LogP contribution in [0, 0.1) is 41.5 Å². The quantitative estimate of drug-likeness (QED) is 0.0997. The van der Waals surface area contributed by atoms with Gasteiger partial charge in [0.15, 0.2) is 0 Å². The molecule has 10 heteroatoms. The summed E-state index contributed by atoms with van der Waals surface area (Å²) in [7, 11) is -4.48. The van der Waals surface area contributed by atoms with Crippen molar-refractivity contribution in [2.75, 3.05) is 10.7 Å². The van der Waals surface area contributed by atoms with Gasteiger partial charge >= 0.3 is 11.9 Å². The molecular weight excluding hydrogens is 711 g/mol. The Morgan fingerprint density at radius 3 is 1.39 bits per heavy atom. The van der Waals surface area contributed by atoms with Crippen molar-refractivity contribution < 1.29 is 33.2 Å². The predicted molar refractivity (Wildman–Crippen MR) is 180 cm³/mol. The van der Waals surface area contributed by atoms with Crippen molar-refractivity contribution in [1.29, 1.82) is 0 Å². The van der Waals surface area contributed by atoms with Crippen LogP contribution < -0.4 is 5.30 Å². The number of hydrogen-bond acceptors (Lipinski definition) is 7. The number of ether oxygens (including phenoxy) is 2. The van der Waals surface area contributed by atoms with Gasteiger partial charge in [-0.2, -0.15) is 0 Å². The van der Waals surface area contributed by atoms with E-state index in [2.05, 4.69) is 31.9 Å². The monoisotopic (exact) mass is 746 g/mol. The number of benzene rings is 3. The summed E-state index contributed by atoms with van der Waals surface area (Å²) < 4.78 is 26.1. The summed E-state index contributed by atoms with van der Waals surface area (Å²) in [6, 6.07) is 11.7. The fourth-order valence-corrected chi connectivity index (χ4v) is 8.65. The molecule has 0 amide bonds. The van der Waals surface area contributed by atoms with Crippen LogP contribution in [0.15, 0.2) is 42.5 Å². The van der Waals surface area contributed by atoms with E-state index < -0.39 is 30.1 Å². The Labute approximate surface area is 275 Å². The van der Waals surface area contributed by atoms with E-state index >= 15 is 4.57 Å². The summed E-state index contributed by atoms with van der Waals surface area (Å²) in [5.41, 5.74) is 3.85. The lowest BCUT2D eigenvalue weighted by Gasteiger charge is -2.24. The number of halogens is 2. The normalized spacial score (nSPS) is 11.3. The largest absolute Gasteiger partial charge is 0.461 e. The Morgan fingerprint density at radius 2 is 1.02 bits per heavy atom. The summed E-state index contributed by atoms with van der Waals surface area (Å²) in [6.07, 6.45) is 0.390. The summed E-state index contributed by atoms with van der Waals surface area (Å²) in [4.78, 5) is 53.5. The van der Waals surface area contributed by atoms with Gasteiger partial charge in [0.25, 0.3) is 0 Å². The highest BCUT2D eigenvalue weighted by Gasteiger charge is 2.45. The molecule has 44 heavy (non-hydrogen) atoms. The van der Waals surface area contributed by atoms with Gasteiger partial charge in [-0.05, 0) is 86.1 Å². The molecule has 3 aromatic rings. The molecular formula is C34H37Br2O7P. The fourth-order valence-electron chi connectivity index (χ4n) is 5.44. The molecule has 0 unspecified atom stereocenters. The topological polar surface area (TPSA) is 104 Å². The summed E-state index contributed by atoms with van der Waals surface area (Å²) in [6.45, 7) is 10.5. The van der Waals surface area contributed by atoms with Crippen LogP contribution in [0.3, 0.4) is 0 Å². The third-order valence-corrected chi connectivity index (χ3v) is 11.1. The molecule has 0 heterocycles. The number of aryl methyl sites for hydroxylation is 4. The zero-order valence-electron chi connectivity index (χ0n) is 25.8. The van der Waals surface area contributed by atoms with Crippen LogP contribution in [0.1, 0.15) is 78.1 Å². The Bertz CT molecular complexity index is 1550. The van der Waals surface area contributed by atoms with E-state index in [0.29, 0.717) is 44.0 Å². The van der Waals surface area contributed by atoms with Crippen molar-refractivity contribution in [3.63, 3.8) is 0 Å². The average molecular weight is 748 g/mol. The summed E-state index contributed by atoms with van der Waals surface area (Å²) >= 11 is 6.46. The smallest absolute Gasteiger partial charge is 0.306 e. The molecule has 3 rings (SSSR count). The highest BCUT2D eigenvalue weighted by Crippen LogP contribution is 2.53. The van der Waals surface area contributed by atoms with Crippen molar-refractivity contribution >= 4 is 67.3 Å². The van der Waals surface area contributed by atoms with Crippen molar-refractivity contribution in [1.82, 2.24) is 0 Å². The van der Waals surface area contributed by atoms with Gasteiger partial charge in [0.2, 0.25) is 18.2 Å². The second-order valence-corrected chi connectivity index (χ2v) is 14.9. The lowest BCUT2D eigenvalue weighted by Crippen LogP contribution is -2.24. The van der Waals surface area contributed by atoms with Crippen molar-refractivity contribution in [2.24, 2.45) is 0 Å². The van der Waals surface area contributed by atoms with Crippen molar-refractivity contribution in [3.05, 3.63) is 98.1 Å². The number of hydrogen-bond donors (Lipinski definition) is 0. The number of carbonyl (C=O) groups excluding carboxylic acids is 4. The van der Waals surface area contributed by atoms with Crippen molar-refractivity contribution in [3.8, 4) is 0 Å². The summed E-state index contributed by atoms with van der Waals surface area (Å²) in [5.74, 6) is -0.781. The van der Waals surface area contributed by atoms with Gasteiger partial charge in [0, 0.05) is 27.1 Å². The maximum Gasteiger partial charge on any atom is 0.306 e.